The Morgan fingerprint density at radius 2 is 1.93 bits per heavy atom. The van der Waals surface area contributed by atoms with E-state index in [1.54, 1.807) is 7.05 Å². The molecule has 0 atom stereocenters. The van der Waals surface area contributed by atoms with Crippen LogP contribution in [0.3, 0.4) is 0 Å². The molecule has 0 aromatic carbocycles. The number of anilines is 1. The van der Waals surface area contributed by atoms with Crippen LogP contribution < -0.4 is 4.90 Å². The fourth-order valence-corrected chi connectivity index (χ4v) is 1.95. The van der Waals surface area contributed by atoms with Gasteiger partial charge in [0.1, 0.15) is 5.69 Å². The van der Waals surface area contributed by atoms with Crippen molar-refractivity contribution in [2.45, 2.75) is 20.8 Å². The minimum Gasteiger partial charge on any atom is -0.293 e. The number of nitrogens with zero attached hydrogens (tertiary/aromatic N) is 2. The monoisotopic (exact) mass is 212 g/mol. The molecule has 0 saturated carbocycles. The third-order valence-electron chi connectivity index (χ3n) is 1.88. The van der Waals surface area contributed by atoms with Crippen LogP contribution in [0.2, 0.25) is 0 Å². The molecule has 0 aliphatic carbocycles. The number of hydrogen-bond donors (Lipinski definition) is 0. The number of ketones is 1. The summed E-state index contributed by atoms with van der Waals surface area (Å²) in [5.41, 5.74) is 0.457. The molecule has 4 nitrogen and oxygen atoms in total. The van der Waals surface area contributed by atoms with Crippen molar-refractivity contribution in [3.05, 3.63) is 10.6 Å². The summed E-state index contributed by atoms with van der Waals surface area (Å²) in [5.74, 6) is -0.157. The van der Waals surface area contributed by atoms with Crippen molar-refractivity contribution in [3.63, 3.8) is 0 Å². The number of hydrogen-bond acceptors (Lipinski definition) is 4. The second kappa shape index (κ2) is 3.88. The largest absolute Gasteiger partial charge is 0.293 e. The van der Waals surface area contributed by atoms with Gasteiger partial charge in [-0.25, -0.2) is 4.98 Å². The zero-order chi connectivity index (χ0) is 10.9. The van der Waals surface area contributed by atoms with Gasteiger partial charge in [0, 0.05) is 25.8 Å². The average Bonchev–Trinajstić information content (AvgIpc) is 2.45. The molecule has 0 unspecified atom stereocenters. The Morgan fingerprint density at radius 3 is 2.29 bits per heavy atom. The van der Waals surface area contributed by atoms with Gasteiger partial charge in [-0.2, -0.15) is 0 Å². The number of amides is 1. The molecule has 0 radical (unpaired) electrons. The molecule has 14 heavy (non-hydrogen) atoms. The van der Waals surface area contributed by atoms with Crippen LogP contribution in [0.25, 0.3) is 0 Å². The number of aryl methyl sites for hydroxylation is 1. The van der Waals surface area contributed by atoms with Gasteiger partial charge in [0.2, 0.25) is 5.91 Å². The number of rotatable bonds is 2. The number of aromatic nitrogens is 1. The van der Waals surface area contributed by atoms with E-state index < -0.39 is 0 Å². The first kappa shape index (κ1) is 10.8. The molecule has 1 rings (SSSR count). The van der Waals surface area contributed by atoms with E-state index in [2.05, 4.69) is 4.98 Å². The standard InChI is InChI=1S/C9H12N2O2S/c1-5(12)8-6(2)14-9(10-8)11(4)7(3)13/h1-4H3. The smallest absolute Gasteiger partial charge is 0.225 e. The van der Waals surface area contributed by atoms with Crippen molar-refractivity contribution in [1.29, 1.82) is 0 Å². The van der Waals surface area contributed by atoms with E-state index in [0.29, 0.717) is 10.8 Å². The molecule has 0 spiro atoms. The van der Waals surface area contributed by atoms with Gasteiger partial charge in [-0.3, -0.25) is 14.5 Å². The topological polar surface area (TPSA) is 50.3 Å². The van der Waals surface area contributed by atoms with Crippen LogP contribution in [0, 0.1) is 6.92 Å². The van der Waals surface area contributed by atoms with E-state index in [4.69, 9.17) is 0 Å². The molecule has 0 N–H and O–H groups in total. The number of thiazole rings is 1. The molecule has 0 bridgehead atoms. The van der Waals surface area contributed by atoms with Crippen LogP contribution in [0.1, 0.15) is 29.2 Å². The van der Waals surface area contributed by atoms with E-state index in [1.807, 2.05) is 6.92 Å². The highest BCUT2D eigenvalue weighted by Crippen LogP contribution is 2.24. The Hall–Kier alpha value is -1.23. The van der Waals surface area contributed by atoms with Gasteiger partial charge in [0.25, 0.3) is 0 Å². The van der Waals surface area contributed by atoms with Gasteiger partial charge in [-0.1, -0.05) is 0 Å². The van der Waals surface area contributed by atoms with Gasteiger partial charge in [-0.05, 0) is 6.92 Å². The zero-order valence-electron chi connectivity index (χ0n) is 8.62. The summed E-state index contributed by atoms with van der Waals surface area (Å²) in [6.07, 6.45) is 0. The van der Waals surface area contributed by atoms with Crippen molar-refractivity contribution in [1.82, 2.24) is 4.98 Å². The Morgan fingerprint density at radius 1 is 1.36 bits per heavy atom. The molecule has 0 aliphatic rings. The number of carbonyl (C=O) groups is 2. The quantitative estimate of drug-likeness (QED) is 0.700. The van der Waals surface area contributed by atoms with Crippen molar-refractivity contribution < 1.29 is 9.59 Å². The molecule has 1 heterocycles. The fraction of sp³-hybridized carbons (Fsp3) is 0.444. The first-order chi connectivity index (χ1) is 6.43. The van der Waals surface area contributed by atoms with Crippen molar-refractivity contribution in [2.24, 2.45) is 0 Å². The maximum atomic E-state index is 11.1. The molecule has 5 heteroatoms. The van der Waals surface area contributed by atoms with E-state index in [-0.39, 0.29) is 11.7 Å². The predicted octanol–water partition coefficient (Wildman–Crippen LogP) is 1.64. The first-order valence-electron chi connectivity index (χ1n) is 4.16. The Labute approximate surface area is 86.6 Å². The third kappa shape index (κ3) is 1.98. The average molecular weight is 212 g/mol. The summed E-state index contributed by atoms with van der Waals surface area (Å²) in [5, 5.41) is 0.570. The lowest BCUT2D eigenvalue weighted by Gasteiger charge is -2.09. The summed E-state index contributed by atoms with van der Waals surface area (Å²) in [7, 11) is 1.64. The summed E-state index contributed by atoms with van der Waals surface area (Å²) >= 11 is 1.35. The van der Waals surface area contributed by atoms with Crippen LogP contribution in [0.4, 0.5) is 5.13 Å². The molecule has 1 aromatic rings. The molecular weight excluding hydrogens is 200 g/mol. The van der Waals surface area contributed by atoms with Gasteiger partial charge >= 0.3 is 0 Å². The van der Waals surface area contributed by atoms with Crippen molar-refractivity contribution >= 4 is 28.2 Å². The predicted molar refractivity (Wildman–Crippen MR) is 55.9 cm³/mol. The molecular formula is C9H12N2O2S. The summed E-state index contributed by atoms with van der Waals surface area (Å²) < 4.78 is 0. The summed E-state index contributed by atoms with van der Waals surface area (Å²) in [6.45, 7) is 4.76. The summed E-state index contributed by atoms with van der Waals surface area (Å²) in [4.78, 5) is 28.5. The van der Waals surface area contributed by atoms with E-state index >= 15 is 0 Å². The molecule has 76 valence electrons. The van der Waals surface area contributed by atoms with Gasteiger partial charge < -0.3 is 0 Å². The van der Waals surface area contributed by atoms with E-state index in [1.165, 1.54) is 30.1 Å². The highest BCUT2D eigenvalue weighted by atomic mass is 32.1. The molecule has 0 aliphatic heterocycles. The maximum absolute atomic E-state index is 11.1. The number of carbonyl (C=O) groups excluding carboxylic acids is 2. The lowest BCUT2D eigenvalue weighted by Crippen LogP contribution is -2.22. The molecule has 1 aromatic heterocycles. The van der Waals surface area contributed by atoms with Crippen LogP contribution >= 0.6 is 11.3 Å². The van der Waals surface area contributed by atoms with Crippen LogP contribution in [-0.2, 0) is 4.79 Å². The molecule has 0 fully saturated rings. The second-order valence-electron chi connectivity index (χ2n) is 3.04. The molecule has 1 amide bonds. The van der Waals surface area contributed by atoms with Crippen LogP contribution in [0.5, 0.6) is 0 Å². The fourth-order valence-electron chi connectivity index (χ4n) is 0.987. The number of Topliss-reactive ketones (excluding diaryl/α,β-unsaturated/α-hetero) is 1. The first-order valence-corrected chi connectivity index (χ1v) is 4.97. The minimum absolute atomic E-state index is 0.0676. The van der Waals surface area contributed by atoms with Gasteiger partial charge in [0.05, 0.1) is 0 Å². The molecule has 0 saturated heterocycles. The third-order valence-corrected chi connectivity index (χ3v) is 2.93. The van der Waals surface area contributed by atoms with Gasteiger partial charge in [0.15, 0.2) is 10.9 Å². The lowest BCUT2D eigenvalue weighted by molar-refractivity contribution is -0.116. The van der Waals surface area contributed by atoms with Gasteiger partial charge in [-0.15, -0.1) is 11.3 Å². The Bertz CT molecular complexity index is 384. The van der Waals surface area contributed by atoms with Crippen LogP contribution in [0.15, 0.2) is 0 Å². The minimum atomic E-state index is -0.0890. The maximum Gasteiger partial charge on any atom is 0.225 e. The van der Waals surface area contributed by atoms with Crippen molar-refractivity contribution in [3.8, 4) is 0 Å². The normalized spacial score (nSPS) is 10.0. The van der Waals surface area contributed by atoms with E-state index in [0.717, 1.165) is 4.88 Å². The van der Waals surface area contributed by atoms with Crippen molar-refractivity contribution in [2.75, 3.05) is 11.9 Å². The SMILES string of the molecule is CC(=O)c1nc(N(C)C(C)=O)sc1C. The highest BCUT2D eigenvalue weighted by Gasteiger charge is 2.15. The Balaban J connectivity index is 3.08. The van der Waals surface area contributed by atoms with E-state index in [9.17, 15) is 9.59 Å². The lowest BCUT2D eigenvalue weighted by atomic mass is 10.3. The highest BCUT2D eigenvalue weighted by molar-refractivity contribution is 7.16. The zero-order valence-corrected chi connectivity index (χ0v) is 9.44. The Kier molecular flexibility index (Phi) is 3.00. The second-order valence-corrected chi connectivity index (χ2v) is 4.22. The summed E-state index contributed by atoms with van der Waals surface area (Å²) in [6, 6.07) is 0. The van der Waals surface area contributed by atoms with Crippen LogP contribution in [-0.4, -0.2) is 23.7 Å².